The molecule has 136 valence electrons. The van der Waals surface area contributed by atoms with Crippen molar-refractivity contribution in [3.63, 3.8) is 0 Å². The van der Waals surface area contributed by atoms with Crippen LogP contribution in [-0.2, 0) is 20.0 Å². The molecule has 1 aromatic carbocycles. The predicted octanol–water partition coefficient (Wildman–Crippen LogP) is 2.31. The zero-order chi connectivity index (χ0) is 18.3. The first-order valence-corrected chi connectivity index (χ1v) is 11.1. The Hall–Kier alpha value is -1.12. The first-order chi connectivity index (χ1) is 10.8. The number of nitrogens with zero attached hydrogens (tertiary/aromatic N) is 1. The fourth-order valence-corrected chi connectivity index (χ4v) is 6.53. The SMILES string of the molecule is Cc1cc(N2CCCCS2(=O)=O)cc(C)c1S(=O)(=O)NC(C)(C)C. The number of anilines is 1. The third-order valence-electron chi connectivity index (χ3n) is 3.79. The monoisotopic (exact) mass is 374 g/mol. The second-order valence-corrected chi connectivity index (χ2v) is 11.0. The molecule has 0 spiro atoms. The zero-order valence-corrected chi connectivity index (χ0v) is 16.5. The van der Waals surface area contributed by atoms with Gasteiger partial charge in [-0.2, -0.15) is 0 Å². The number of sulfonamides is 2. The van der Waals surface area contributed by atoms with Crippen molar-refractivity contribution in [2.75, 3.05) is 16.6 Å². The van der Waals surface area contributed by atoms with E-state index in [4.69, 9.17) is 0 Å². The molecular weight excluding hydrogens is 348 g/mol. The fraction of sp³-hybridized carbons (Fsp3) is 0.625. The Morgan fingerprint density at radius 3 is 2.08 bits per heavy atom. The van der Waals surface area contributed by atoms with Gasteiger partial charge in [-0.3, -0.25) is 4.31 Å². The van der Waals surface area contributed by atoms with Crippen molar-refractivity contribution in [3.05, 3.63) is 23.3 Å². The molecule has 1 heterocycles. The molecule has 0 amide bonds. The summed E-state index contributed by atoms with van der Waals surface area (Å²) in [5.74, 6) is 0.136. The maximum absolute atomic E-state index is 12.7. The number of hydrogen-bond acceptors (Lipinski definition) is 4. The highest BCUT2D eigenvalue weighted by Gasteiger charge is 2.29. The lowest BCUT2D eigenvalue weighted by Crippen LogP contribution is -2.41. The Balaban J connectivity index is 2.50. The molecule has 0 bridgehead atoms. The van der Waals surface area contributed by atoms with Gasteiger partial charge in [-0.15, -0.1) is 0 Å². The van der Waals surface area contributed by atoms with E-state index < -0.39 is 25.6 Å². The highest BCUT2D eigenvalue weighted by molar-refractivity contribution is 7.92. The molecule has 8 heteroatoms. The Kier molecular flexibility index (Phi) is 5.05. The Morgan fingerprint density at radius 2 is 1.62 bits per heavy atom. The molecule has 24 heavy (non-hydrogen) atoms. The Labute approximate surface area is 145 Å². The maximum atomic E-state index is 12.7. The standard InChI is InChI=1S/C16H26N2O4S2/c1-12-10-14(18-8-6-7-9-23(18,19)20)11-13(2)15(12)24(21,22)17-16(3,4)5/h10-11,17H,6-9H2,1-5H3. The van der Waals surface area contributed by atoms with E-state index in [9.17, 15) is 16.8 Å². The summed E-state index contributed by atoms with van der Waals surface area (Å²) in [5.41, 5.74) is 1.04. The summed E-state index contributed by atoms with van der Waals surface area (Å²) < 4.78 is 53.9. The van der Waals surface area contributed by atoms with E-state index >= 15 is 0 Å². The number of rotatable bonds is 3. The number of hydrogen-bond donors (Lipinski definition) is 1. The molecule has 1 fully saturated rings. The quantitative estimate of drug-likeness (QED) is 0.880. The van der Waals surface area contributed by atoms with E-state index in [-0.39, 0.29) is 10.6 Å². The fourth-order valence-electron chi connectivity index (χ4n) is 3.03. The van der Waals surface area contributed by atoms with E-state index in [1.54, 1.807) is 46.8 Å². The molecule has 2 rings (SSSR count). The summed E-state index contributed by atoms with van der Waals surface area (Å²) in [7, 11) is -6.99. The van der Waals surface area contributed by atoms with Gasteiger partial charge >= 0.3 is 0 Å². The average molecular weight is 375 g/mol. The van der Waals surface area contributed by atoms with Gasteiger partial charge in [0.1, 0.15) is 0 Å². The van der Waals surface area contributed by atoms with Crippen LogP contribution in [-0.4, -0.2) is 34.7 Å². The minimum atomic E-state index is -3.67. The van der Waals surface area contributed by atoms with Crippen LogP contribution in [0.1, 0.15) is 44.7 Å². The lowest BCUT2D eigenvalue weighted by molar-refractivity contribution is 0.491. The number of nitrogens with one attached hydrogen (secondary N) is 1. The van der Waals surface area contributed by atoms with Crippen molar-refractivity contribution in [1.82, 2.24) is 4.72 Å². The third-order valence-corrected chi connectivity index (χ3v) is 7.72. The molecular formula is C16H26N2O4S2. The minimum Gasteiger partial charge on any atom is -0.270 e. The molecule has 0 saturated carbocycles. The number of aryl methyl sites for hydroxylation is 2. The Morgan fingerprint density at radius 1 is 1.08 bits per heavy atom. The third kappa shape index (κ3) is 4.10. The normalized spacial score (nSPS) is 18.6. The molecule has 0 unspecified atom stereocenters. The lowest BCUT2D eigenvalue weighted by Gasteiger charge is -2.29. The largest absolute Gasteiger partial charge is 0.270 e. The van der Waals surface area contributed by atoms with Crippen LogP contribution in [0.2, 0.25) is 0 Å². The summed E-state index contributed by atoms with van der Waals surface area (Å²) in [6, 6.07) is 3.29. The first-order valence-electron chi connectivity index (χ1n) is 7.99. The molecule has 1 aliphatic heterocycles. The van der Waals surface area contributed by atoms with Crippen LogP contribution in [0.5, 0.6) is 0 Å². The first kappa shape index (κ1) is 19.2. The van der Waals surface area contributed by atoms with Gasteiger partial charge in [0.2, 0.25) is 20.0 Å². The molecule has 1 aliphatic rings. The van der Waals surface area contributed by atoms with Gasteiger partial charge in [0.15, 0.2) is 0 Å². The average Bonchev–Trinajstić information content (AvgIpc) is 2.33. The summed E-state index contributed by atoms with van der Waals surface area (Å²) in [6.07, 6.45) is 1.47. The smallest absolute Gasteiger partial charge is 0.241 e. The van der Waals surface area contributed by atoms with Gasteiger partial charge in [0.25, 0.3) is 0 Å². The molecule has 0 radical (unpaired) electrons. The van der Waals surface area contributed by atoms with Gasteiger partial charge in [0.05, 0.1) is 16.3 Å². The molecule has 1 saturated heterocycles. The highest BCUT2D eigenvalue weighted by Crippen LogP contribution is 2.30. The summed E-state index contributed by atoms with van der Waals surface area (Å²) in [4.78, 5) is 0.218. The van der Waals surface area contributed by atoms with Gasteiger partial charge in [-0.25, -0.2) is 21.6 Å². The molecule has 0 aromatic heterocycles. The van der Waals surface area contributed by atoms with Crippen LogP contribution in [0.25, 0.3) is 0 Å². The minimum absolute atomic E-state index is 0.136. The van der Waals surface area contributed by atoms with E-state index in [0.717, 1.165) is 6.42 Å². The van der Waals surface area contributed by atoms with Crippen LogP contribution < -0.4 is 9.03 Å². The second-order valence-electron chi connectivity index (χ2n) is 7.36. The van der Waals surface area contributed by atoms with Gasteiger partial charge in [-0.1, -0.05) is 0 Å². The van der Waals surface area contributed by atoms with Crippen LogP contribution >= 0.6 is 0 Å². The van der Waals surface area contributed by atoms with E-state index in [1.165, 1.54) is 4.31 Å². The number of benzene rings is 1. The molecule has 1 N–H and O–H groups in total. The van der Waals surface area contributed by atoms with Gasteiger partial charge < -0.3 is 0 Å². The summed E-state index contributed by atoms with van der Waals surface area (Å²) >= 11 is 0. The highest BCUT2D eigenvalue weighted by atomic mass is 32.2. The topological polar surface area (TPSA) is 83.6 Å². The predicted molar refractivity (Wildman–Crippen MR) is 96.4 cm³/mol. The van der Waals surface area contributed by atoms with Crippen molar-refractivity contribution in [1.29, 1.82) is 0 Å². The van der Waals surface area contributed by atoms with Crippen molar-refractivity contribution >= 4 is 25.7 Å². The Bertz CT molecular complexity index is 814. The molecule has 0 atom stereocenters. The van der Waals surface area contributed by atoms with Crippen molar-refractivity contribution < 1.29 is 16.8 Å². The molecule has 1 aromatic rings. The van der Waals surface area contributed by atoms with Gasteiger partial charge in [-0.05, 0) is 70.7 Å². The van der Waals surface area contributed by atoms with E-state index in [1.807, 2.05) is 0 Å². The summed E-state index contributed by atoms with van der Waals surface area (Å²) in [6.45, 7) is 9.18. The second kappa shape index (κ2) is 6.31. The maximum Gasteiger partial charge on any atom is 0.241 e. The summed E-state index contributed by atoms with van der Waals surface area (Å²) in [5, 5.41) is 0. The molecule has 6 nitrogen and oxygen atoms in total. The van der Waals surface area contributed by atoms with Crippen molar-refractivity contribution in [2.24, 2.45) is 0 Å². The van der Waals surface area contributed by atoms with E-state index in [0.29, 0.717) is 29.8 Å². The lowest BCUT2D eigenvalue weighted by atomic mass is 10.1. The zero-order valence-electron chi connectivity index (χ0n) is 14.9. The van der Waals surface area contributed by atoms with Crippen molar-refractivity contribution in [2.45, 2.75) is 57.9 Å². The van der Waals surface area contributed by atoms with E-state index in [2.05, 4.69) is 4.72 Å². The van der Waals surface area contributed by atoms with Gasteiger partial charge in [0, 0.05) is 12.1 Å². The van der Waals surface area contributed by atoms with Crippen LogP contribution in [0.4, 0.5) is 5.69 Å². The molecule has 0 aliphatic carbocycles. The van der Waals surface area contributed by atoms with Crippen molar-refractivity contribution in [3.8, 4) is 0 Å². The van der Waals surface area contributed by atoms with Crippen LogP contribution in [0, 0.1) is 13.8 Å². The van der Waals surface area contributed by atoms with Crippen LogP contribution in [0.3, 0.4) is 0 Å². The van der Waals surface area contributed by atoms with Crippen LogP contribution in [0.15, 0.2) is 17.0 Å².